The molecule has 104 valence electrons. The maximum absolute atomic E-state index is 11.2. The summed E-state index contributed by atoms with van der Waals surface area (Å²) in [6, 6.07) is 6.96. The first-order valence-electron chi connectivity index (χ1n) is 5.87. The van der Waals surface area contributed by atoms with E-state index < -0.39 is 5.97 Å². The van der Waals surface area contributed by atoms with Crippen LogP contribution in [0.2, 0.25) is 5.02 Å². The minimum Gasteiger partial charge on any atom is -0.544 e. The molecular weight excluding hydrogens is 298 g/mol. The first-order chi connectivity index (χ1) is 9.60. The normalized spacial score (nSPS) is 11.6. The van der Waals surface area contributed by atoms with Gasteiger partial charge in [0.1, 0.15) is 5.82 Å². The molecule has 0 unspecified atom stereocenters. The fraction of sp³-hybridized carbons (Fsp3) is 0.154. The Bertz CT molecular complexity index is 655. The second kappa shape index (κ2) is 6.58. The van der Waals surface area contributed by atoms with Crippen molar-refractivity contribution in [1.29, 1.82) is 0 Å². The lowest BCUT2D eigenvalue weighted by atomic mass is 10.2. The summed E-state index contributed by atoms with van der Waals surface area (Å²) in [6.45, 7) is 1.92. The fourth-order valence-electron chi connectivity index (χ4n) is 1.44. The number of carbonyl (C=O) groups is 1. The number of carbonyl (C=O) groups excluding carboxylic acids is 1. The number of hydrogen-bond acceptors (Lipinski definition) is 5. The van der Waals surface area contributed by atoms with E-state index in [0.717, 1.165) is 11.8 Å². The molecule has 1 aromatic heterocycles. The van der Waals surface area contributed by atoms with Crippen LogP contribution in [-0.4, -0.2) is 21.2 Å². The number of halogens is 1. The summed E-state index contributed by atoms with van der Waals surface area (Å²) in [6.07, 6.45) is 2.15. The molecule has 5 nitrogen and oxygen atoms in total. The monoisotopic (exact) mass is 308 g/mol. The third-order valence-electron chi connectivity index (χ3n) is 2.44. The van der Waals surface area contributed by atoms with Crippen molar-refractivity contribution < 1.29 is 9.90 Å². The van der Waals surface area contributed by atoms with E-state index >= 15 is 0 Å². The highest BCUT2D eigenvalue weighted by molar-refractivity contribution is 8.04. The molecule has 0 spiro atoms. The van der Waals surface area contributed by atoms with E-state index in [2.05, 4.69) is 15.2 Å². The minimum absolute atomic E-state index is 0.000229. The Morgan fingerprint density at radius 2 is 2.25 bits per heavy atom. The Hall–Kier alpha value is -1.79. The van der Waals surface area contributed by atoms with Crippen molar-refractivity contribution >= 4 is 35.4 Å². The van der Waals surface area contributed by atoms with Crippen molar-refractivity contribution in [3.63, 3.8) is 0 Å². The highest BCUT2D eigenvalue weighted by atomic mass is 35.5. The molecule has 2 rings (SSSR count). The van der Waals surface area contributed by atoms with Gasteiger partial charge < -0.3 is 9.90 Å². The fourth-order valence-corrected chi connectivity index (χ4v) is 2.35. The molecule has 0 saturated carbocycles. The zero-order chi connectivity index (χ0) is 14.5. The van der Waals surface area contributed by atoms with Crippen molar-refractivity contribution in [2.75, 3.05) is 0 Å². The van der Waals surface area contributed by atoms with Crippen LogP contribution in [0.25, 0.3) is 6.08 Å². The summed E-state index contributed by atoms with van der Waals surface area (Å²) in [5.74, 6) is -0.597. The maximum Gasteiger partial charge on any atom is 0.213 e. The minimum atomic E-state index is -1.29. The molecule has 1 N–H and O–H groups in total. The third-order valence-corrected chi connectivity index (χ3v) is 3.65. The summed E-state index contributed by atoms with van der Waals surface area (Å²) in [5.41, 5.74) is 0.604. The smallest absolute Gasteiger partial charge is 0.213 e. The van der Waals surface area contributed by atoms with Crippen LogP contribution in [0.3, 0.4) is 0 Å². The van der Waals surface area contributed by atoms with Crippen LogP contribution in [0.4, 0.5) is 0 Å². The number of aromatic amines is 1. The summed E-state index contributed by atoms with van der Waals surface area (Å²) in [5, 5.41) is 18.7. The average Bonchev–Trinajstić information content (AvgIpc) is 2.88. The van der Waals surface area contributed by atoms with Crippen LogP contribution in [-0.2, 0) is 11.2 Å². The van der Waals surface area contributed by atoms with E-state index in [9.17, 15) is 9.90 Å². The van der Waals surface area contributed by atoms with E-state index in [0.29, 0.717) is 28.0 Å². The quantitative estimate of drug-likeness (QED) is 0.674. The van der Waals surface area contributed by atoms with Gasteiger partial charge in [-0.15, -0.1) is 5.10 Å². The molecule has 2 aromatic rings. The summed E-state index contributed by atoms with van der Waals surface area (Å²) in [7, 11) is 0. The molecule has 0 bridgehead atoms. The van der Waals surface area contributed by atoms with Gasteiger partial charge in [0.05, 0.1) is 5.97 Å². The number of benzene rings is 1. The molecular formula is C13H11ClN3O2S-. The van der Waals surface area contributed by atoms with E-state index in [1.165, 1.54) is 6.08 Å². The van der Waals surface area contributed by atoms with Crippen LogP contribution >= 0.6 is 23.4 Å². The molecule has 0 atom stereocenters. The second-order valence-corrected chi connectivity index (χ2v) is 5.25. The van der Waals surface area contributed by atoms with Gasteiger partial charge in [0, 0.05) is 16.3 Å². The summed E-state index contributed by atoms with van der Waals surface area (Å²) in [4.78, 5) is 15.3. The number of hydrogen-bond donors (Lipinski definition) is 1. The largest absolute Gasteiger partial charge is 0.544 e. The van der Waals surface area contributed by atoms with E-state index in [1.807, 2.05) is 6.92 Å². The van der Waals surface area contributed by atoms with Crippen molar-refractivity contribution in [1.82, 2.24) is 15.2 Å². The van der Waals surface area contributed by atoms with E-state index in [1.54, 1.807) is 24.3 Å². The van der Waals surface area contributed by atoms with Gasteiger partial charge in [-0.25, -0.2) is 4.98 Å². The number of aliphatic carboxylic acids is 1. The van der Waals surface area contributed by atoms with Gasteiger partial charge in [-0.2, -0.15) is 0 Å². The maximum atomic E-state index is 11.2. The van der Waals surface area contributed by atoms with Gasteiger partial charge >= 0.3 is 0 Å². The molecule has 0 aliphatic rings. The van der Waals surface area contributed by atoms with Gasteiger partial charge in [-0.1, -0.05) is 36.7 Å². The highest BCUT2D eigenvalue weighted by Gasteiger charge is 2.08. The van der Waals surface area contributed by atoms with E-state index in [4.69, 9.17) is 11.6 Å². The molecule has 0 saturated heterocycles. The van der Waals surface area contributed by atoms with Crippen LogP contribution in [0.15, 0.2) is 34.3 Å². The zero-order valence-electron chi connectivity index (χ0n) is 10.6. The van der Waals surface area contributed by atoms with Crippen LogP contribution < -0.4 is 5.11 Å². The zero-order valence-corrected chi connectivity index (χ0v) is 12.2. The second-order valence-electron chi connectivity index (χ2n) is 3.84. The number of nitrogens with one attached hydrogen (secondary N) is 1. The Morgan fingerprint density at radius 3 is 2.85 bits per heavy atom. The average molecular weight is 309 g/mol. The predicted octanol–water partition coefficient (Wildman–Crippen LogP) is 1.90. The number of aromatic nitrogens is 3. The molecule has 1 heterocycles. The van der Waals surface area contributed by atoms with Crippen LogP contribution in [0.5, 0.6) is 0 Å². The number of nitrogens with zero attached hydrogens (tertiary/aromatic N) is 2. The predicted molar refractivity (Wildman–Crippen MR) is 76.1 cm³/mol. The molecule has 0 radical (unpaired) electrons. The van der Waals surface area contributed by atoms with Gasteiger partial charge in [0.25, 0.3) is 0 Å². The van der Waals surface area contributed by atoms with Gasteiger partial charge in [0.2, 0.25) is 5.16 Å². The molecule has 0 amide bonds. The van der Waals surface area contributed by atoms with Crippen molar-refractivity contribution in [2.45, 2.75) is 18.5 Å². The summed E-state index contributed by atoms with van der Waals surface area (Å²) >= 11 is 6.92. The molecule has 0 fully saturated rings. The van der Waals surface area contributed by atoms with Gasteiger partial charge in [-0.3, -0.25) is 5.10 Å². The topological polar surface area (TPSA) is 81.7 Å². The Morgan fingerprint density at radius 1 is 1.50 bits per heavy atom. The van der Waals surface area contributed by atoms with E-state index in [-0.39, 0.29) is 4.91 Å². The van der Waals surface area contributed by atoms with Crippen LogP contribution in [0, 0.1) is 0 Å². The number of carboxylic acid groups (broad SMARTS) is 1. The lowest BCUT2D eigenvalue weighted by molar-refractivity contribution is -0.297. The Labute approximate surface area is 125 Å². The first kappa shape index (κ1) is 14.6. The Kier molecular flexibility index (Phi) is 4.81. The standard InChI is InChI=1S/C13H12ClN3O2S/c1-2-11-15-13(17-16-11)20-10(12(18)19)7-8-5-3-4-6-9(8)14/h3-7H,2H2,1H3,(H,18,19)(H,15,16,17)/p-1/b10-7-. The SMILES string of the molecule is CCc1nc(S/C(=C\c2ccccc2Cl)C(=O)[O-])n[nH]1. The van der Waals surface area contributed by atoms with Crippen molar-refractivity contribution in [3.05, 3.63) is 45.6 Å². The number of H-pyrrole nitrogens is 1. The molecule has 0 aliphatic heterocycles. The van der Waals surface area contributed by atoms with Crippen molar-refractivity contribution in [3.8, 4) is 0 Å². The number of thioether (sulfide) groups is 1. The first-order valence-corrected chi connectivity index (χ1v) is 7.06. The number of rotatable bonds is 5. The Balaban J connectivity index is 2.27. The van der Waals surface area contributed by atoms with Gasteiger partial charge in [-0.05, 0) is 29.5 Å². The number of carboxylic acids is 1. The number of aryl methyl sites for hydroxylation is 1. The molecule has 1 aromatic carbocycles. The lowest BCUT2D eigenvalue weighted by Gasteiger charge is -2.06. The van der Waals surface area contributed by atoms with Gasteiger partial charge in [0.15, 0.2) is 0 Å². The van der Waals surface area contributed by atoms with Crippen molar-refractivity contribution in [2.24, 2.45) is 0 Å². The molecule has 7 heteroatoms. The summed E-state index contributed by atoms with van der Waals surface area (Å²) < 4.78 is 0. The lowest BCUT2D eigenvalue weighted by Crippen LogP contribution is -2.23. The third kappa shape index (κ3) is 3.61. The van der Waals surface area contributed by atoms with Crippen LogP contribution in [0.1, 0.15) is 18.3 Å². The molecule has 0 aliphatic carbocycles. The molecule has 20 heavy (non-hydrogen) atoms. The highest BCUT2D eigenvalue weighted by Crippen LogP contribution is 2.27.